The average molecular weight is 276 g/mol. The third-order valence-electron chi connectivity index (χ3n) is 2.17. The molecule has 1 aliphatic heterocycles. The van der Waals surface area contributed by atoms with E-state index < -0.39 is 0 Å². The molecule has 1 unspecified atom stereocenters. The molecule has 1 aliphatic rings. The van der Waals surface area contributed by atoms with Crippen LogP contribution in [-0.2, 0) is 4.74 Å². The van der Waals surface area contributed by atoms with E-state index in [-0.39, 0.29) is 24.1 Å². The van der Waals surface area contributed by atoms with Crippen LogP contribution in [0.25, 0.3) is 0 Å². The standard InChI is InChI=1S/C10H14ClN3O4/c1-2-3-4-15-8-12-9(14-10(13-8)18-11)17-6-7-5-16-7/h7H,2-6H2,1H3. The van der Waals surface area contributed by atoms with E-state index in [0.29, 0.717) is 19.8 Å². The fraction of sp³-hybridized carbons (Fsp3) is 0.700. The van der Waals surface area contributed by atoms with Crippen LogP contribution in [0.1, 0.15) is 19.8 Å². The molecule has 18 heavy (non-hydrogen) atoms. The summed E-state index contributed by atoms with van der Waals surface area (Å²) in [4.78, 5) is 11.7. The summed E-state index contributed by atoms with van der Waals surface area (Å²) in [6.45, 7) is 3.67. The molecule has 0 aliphatic carbocycles. The number of rotatable bonds is 8. The van der Waals surface area contributed by atoms with Crippen molar-refractivity contribution in [2.24, 2.45) is 0 Å². The van der Waals surface area contributed by atoms with Crippen molar-refractivity contribution >= 4 is 11.9 Å². The van der Waals surface area contributed by atoms with E-state index in [9.17, 15) is 0 Å². The van der Waals surface area contributed by atoms with E-state index in [0.717, 1.165) is 12.8 Å². The summed E-state index contributed by atoms with van der Waals surface area (Å²) in [5.74, 6) is 0. The van der Waals surface area contributed by atoms with Gasteiger partial charge in [-0.15, -0.1) is 15.0 Å². The molecule has 0 amide bonds. The maximum Gasteiger partial charge on any atom is 0.344 e. The lowest BCUT2D eigenvalue weighted by Crippen LogP contribution is -2.09. The highest BCUT2D eigenvalue weighted by molar-refractivity contribution is 6.08. The summed E-state index contributed by atoms with van der Waals surface area (Å²) in [5, 5.41) is 0. The maximum atomic E-state index is 5.34. The second-order valence-electron chi connectivity index (χ2n) is 3.73. The Bertz CT molecular complexity index is 389. The molecule has 0 spiro atoms. The number of halogens is 1. The normalized spacial score (nSPS) is 17.3. The number of unbranched alkanes of at least 4 members (excludes halogenated alkanes) is 1. The molecule has 100 valence electrons. The highest BCUT2D eigenvalue weighted by Crippen LogP contribution is 2.17. The molecule has 2 heterocycles. The second kappa shape index (κ2) is 6.55. The number of epoxide rings is 1. The first-order valence-corrected chi connectivity index (χ1v) is 6.04. The first-order chi connectivity index (χ1) is 8.81. The third-order valence-corrected chi connectivity index (χ3v) is 2.31. The van der Waals surface area contributed by atoms with E-state index in [2.05, 4.69) is 26.2 Å². The van der Waals surface area contributed by atoms with Crippen molar-refractivity contribution < 1.29 is 18.5 Å². The molecule has 2 rings (SSSR count). The van der Waals surface area contributed by atoms with Crippen LogP contribution in [0.5, 0.6) is 18.0 Å². The zero-order valence-electron chi connectivity index (χ0n) is 9.97. The van der Waals surface area contributed by atoms with Gasteiger partial charge in [-0.05, 0) is 6.42 Å². The molecule has 0 N–H and O–H groups in total. The lowest BCUT2D eigenvalue weighted by Gasteiger charge is -2.06. The Morgan fingerprint density at radius 2 is 1.89 bits per heavy atom. The molecular formula is C10H14ClN3O4. The van der Waals surface area contributed by atoms with Gasteiger partial charge in [0.15, 0.2) is 0 Å². The van der Waals surface area contributed by atoms with Crippen molar-refractivity contribution in [3.8, 4) is 18.0 Å². The first-order valence-electron chi connectivity index (χ1n) is 5.73. The summed E-state index contributed by atoms with van der Waals surface area (Å²) in [6.07, 6.45) is 2.05. The lowest BCUT2D eigenvalue weighted by atomic mass is 10.4. The summed E-state index contributed by atoms with van der Waals surface area (Å²) >= 11 is 5.22. The fourth-order valence-corrected chi connectivity index (χ4v) is 1.19. The van der Waals surface area contributed by atoms with Crippen molar-refractivity contribution in [2.45, 2.75) is 25.9 Å². The van der Waals surface area contributed by atoms with E-state index >= 15 is 0 Å². The van der Waals surface area contributed by atoms with Gasteiger partial charge in [0.05, 0.1) is 13.2 Å². The topological polar surface area (TPSA) is 78.9 Å². The minimum atomic E-state index is -0.0510. The molecule has 0 aromatic carbocycles. The lowest BCUT2D eigenvalue weighted by molar-refractivity contribution is 0.230. The summed E-state index contributed by atoms with van der Waals surface area (Å²) in [7, 11) is 0. The molecule has 0 radical (unpaired) electrons. The SMILES string of the molecule is CCCCOc1nc(OCl)nc(OCC2CO2)n1. The number of ether oxygens (including phenoxy) is 3. The van der Waals surface area contributed by atoms with Crippen molar-refractivity contribution in [3.05, 3.63) is 0 Å². The van der Waals surface area contributed by atoms with Crippen molar-refractivity contribution in [1.82, 2.24) is 15.0 Å². The molecule has 7 nitrogen and oxygen atoms in total. The quantitative estimate of drug-likeness (QED) is 0.523. The molecule has 0 bridgehead atoms. The maximum absolute atomic E-state index is 5.34. The highest BCUT2D eigenvalue weighted by atomic mass is 35.5. The van der Waals surface area contributed by atoms with E-state index in [1.54, 1.807) is 0 Å². The molecule has 0 saturated carbocycles. The van der Waals surface area contributed by atoms with Gasteiger partial charge in [0.2, 0.25) is 0 Å². The summed E-state index contributed by atoms with van der Waals surface area (Å²) < 4.78 is 20.1. The van der Waals surface area contributed by atoms with Crippen LogP contribution in [0.15, 0.2) is 0 Å². The minimum Gasteiger partial charge on any atom is -0.463 e. The largest absolute Gasteiger partial charge is 0.463 e. The van der Waals surface area contributed by atoms with Crippen LogP contribution in [-0.4, -0.2) is 40.9 Å². The summed E-state index contributed by atoms with van der Waals surface area (Å²) in [5.41, 5.74) is 0. The van der Waals surface area contributed by atoms with E-state index in [4.69, 9.17) is 26.1 Å². The molecule has 1 atom stereocenters. The molecular weight excluding hydrogens is 262 g/mol. The third kappa shape index (κ3) is 4.15. The van der Waals surface area contributed by atoms with Gasteiger partial charge in [-0.3, -0.25) is 0 Å². The van der Waals surface area contributed by atoms with Crippen LogP contribution in [0.2, 0.25) is 0 Å². The predicted molar refractivity (Wildman–Crippen MR) is 61.9 cm³/mol. The van der Waals surface area contributed by atoms with Crippen LogP contribution in [0.3, 0.4) is 0 Å². The monoisotopic (exact) mass is 275 g/mol. The van der Waals surface area contributed by atoms with Crippen LogP contribution >= 0.6 is 11.9 Å². The Balaban J connectivity index is 1.95. The minimum absolute atomic E-state index is 0.0510. The smallest absolute Gasteiger partial charge is 0.344 e. The van der Waals surface area contributed by atoms with Crippen molar-refractivity contribution in [1.29, 1.82) is 0 Å². The van der Waals surface area contributed by atoms with Gasteiger partial charge in [-0.25, -0.2) is 0 Å². The van der Waals surface area contributed by atoms with Gasteiger partial charge in [0.25, 0.3) is 0 Å². The highest BCUT2D eigenvalue weighted by Gasteiger charge is 2.24. The zero-order valence-corrected chi connectivity index (χ0v) is 10.7. The van der Waals surface area contributed by atoms with Gasteiger partial charge in [-0.1, -0.05) is 13.3 Å². The summed E-state index contributed by atoms with van der Waals surface area (Å²) in [6, 6.07) is 0.202. The molecule has 1 aromatic rings. The Kier molecular flexibility index (Phi) is 4.77. The number of aromatic nitrogens is 3. The van der Waals surface area contributed by atoms with Crippen molar-refractivity contribution in [3.63, 3.8) is 0 Å². The van der Waals surface area contributed by atoms with Crippen LogP contribution < -0.4 is 13.8 Å². The average Bonchev–Trinajstić information content (AvgIpc) is 3.20. The Labute approximate surface area is 110 Å². The van der Waals surface area contributed by atoms with Crippen LogP contribution in [0, 0.1) is 0 Å². The Morgan fingerprint density at radius 1 is 1.22 bits per heavy atom. The Morgan fingerprint density at radius 3 is 2.50 bits per heavy atom. The number of nitrogens with zero attached hydrogens (tertiary/aromatic N) is 3. The van der Waals surface area contributed by atoms with Crippen LogP contribution in [0.4, 0.5) is 0 Å². The zero-order chi connectivity index (χ0) is 12.8. The fourth-order valence-electron chi connectivity index (χ4n) is 1.12. The van der Waals surface area contributed by atoms with Gasteiger partial charge in [-0.2, -0.15) is 0 Å². The number of hydrogen-bond acceptors (Lipinski definition) is 7. The van der Waals surface area contributed by atoms with Gasteiger partial charge >= 0.3 is 18.0 Å². The van der Waals surface area contributed by atoms with E-state index in [1.165, 1.54) is 0 Å². The molecule has 1 fully saturated rings. The number of hydrogen-bond donors (Lipinski definition) is 0. The van der Waals surface area contributed by atoms with Crippen molar-refractivity contribution in [2.75, 3.05) is 19.8 Å². The molecule has 1 aromatic heterocycles. The first kappa shape index (κ1) is 13.1. The van der Waals surface area contributed by atoms with Gasteiger partial charge < -0.3 is 18.5 Å². The van der Waals surface area contributed by atoms with Gasteiger partial charge in [0, 0.05) is 0 Å². The molecule has 1 saturated heterocycles. The Hall–Kier alpha value is -1.34. The predicted octanol–water partition coefficient (Wildman–Crippen LogP) is 1.36. The molecule has 8 heteroatoms. The second-order valence-corrected chi connectivity index (χ2v) is 3.88. The van der Waals surface area contributed by atoms with E-state index in [1.807, 2.05) is 0 Å². The van der Waals surface area contributed by atoms with Gasteiger partial charge in [0.1, 0.15) is 24.6 Å².